The highest BCUT2D eigenvalue weighted by atomic mass is 16.4. The fourth-order valence-electron chi connectivity index (χ4n) is 2.11. The number of carbonyl (C=O) groups excluding carboxylic acids is 1. The molecule has 1 aromatic heterocycles. The van der Waals surface area contributed by atoms with Crippen molar-refractivity contribution < 1.29 is 14.7 Å². The molecule has 2 amide bonds. The molecular formula is C14H24N4O3. The molecular weight excluding hydrogens is 272 g/mol. The van der Waals surface area contributed by atoms with E-state index in [1.807, 2.05) is 34.0 Å². The van der Waals surface area contributed by atoms with Crippen molar-refractivity contribution in [2.75, 3.05) is 0 Å². The summed E-state index contributed by atoms with van der Waals surface area (Å²) < 4.78 is 1.70. The van der Waals surface area contributed by atoms with E-state index in [9.17, 15) is 9.59 Å². The quantitative estimate of drug-likeness (QED) is 0.706. The third-order valence-electron chi connectivity index (χ3n) is 3.08. The van der Waals surface area contributed by atoms with E-state index in [2.05, 4.69) is 15.7 Å². The number of hydrogen-bond acceptors (Lipinski definition) is 3. The van der Waals surface area contributed by atoms with Crippen LogP contribution in [0.3, 0.4) is 0 Å². The van der Waals surface area contributed by atoms with E-state index in [1.165, 1.54) is 0 Å². The van der Waals surface area contributed by atoms with Gasteiger partial charge in [-0.2, -0.15) is 5.10 Å². The van der Waals surface area contributed by atoms with Crippen LogP contribution in [0.2, 0.25) is 0 Å². The first-order valence-electron chi connectivity index (χ1n) is 7.12. The van der Waals surface area contributed by atoms with Crippen molar-refractivity contribution >= 4 is 12.0 Å². The van der Waals surface area contributed by atoms with Crippen LogP contribution in [0.15, 0.2) is 6.20 Å². The van der Waals surface area contributed by atoms with Crippen LogP contribution in [-0.4, -0.2) is 32.9 Å². The van der Waals surface area contributed by atoms with Gasteiger partial charge >= 0.3 is 12.0 Å². The molecule has 3 N–H and O–H groups in total. The van der Waals surface area contributed by atoms with Crippen molar-refractivity contribution in [2.24, 2.45) is 13.0 Å². The minimum Gasteiger partial charge on any atom is -0.480 e. The highest BCUT2D eigenvalue weighted by Gasteiger charge is 2.21. The maximum absolute atomic E-state index is 11.8. The summed E-state index contributed by atoms with van der Waals surface area (Å²) in [6.07, 6.45) is 3.03. The first-order valence-corrected chi connectivity index (χ1v) is 7.12. The van der Waals surface area contributed by atoms with Gasteiger partial charge in [0.2, 0.25) is 0 Å². The minimum atomic E-state index is -1.02. The maximum Gasteiger partial charge on any atom is 0.326 e. The number of carboxylic acids is 1. The van der Waals surface area contributed by atoms with Crippen LogP contribution in [0.4, 0.5) is 4.79 Å². The van der Waals surface area contributed by atoms with Crippen LogP contribution in [0.25, 0.3) is 0 Å². The van der Waals surface area contributed by atoms with Gasteiger partial charge in [0, 0.05) is 25.4 Å². The summed E-state index contributed by atoms with van der Waals surface area (Å²) in [5.74, 6) is -0.828. The lowest BCUT2D eigenvalue weighted by Gasteiger charge is -2.16. The third kappa shape index (κ3) is 5.45. The van der Waals surface area contributed by atoms with E-state index in [4.69, 9.17) is 5.11 Å². The molecule has 1 heterocycles. The van der Waals surface area contributed by atoms with Crippen molar-refractivity contribution in [1.29, 1.82) is 0 Å². The van der Waals surface area contributed by atoms with Crippen molar-refractivity contribution in [3.8, 4) is 0 Å². The van der Waals surface area contributed by atoms with E-state index in [1.54, 1.807) is 4.68 Å². The zero-order chi connectivity index (χ0) is 16.0. The summed E-state index contributed by atoms with van der Waals surface area (Å²) in [4.78, 5) is 22.9. The molecule has 0 aliphatic carbocycles. The topological polar surface area (TPSA) is 96.3 Å². The molecule has 0 aliphatic rings. The second-order valence-electron chi connectivity index (χ2n) is 5.48. The summed E-state index contributed by atoms with van der Waals surface area (Å²) >= 11 is 0. The Morgan fingerprint density at radius 2 is 2.10 bits per heavy atom. The number of aryl methyl sites for hydroxylation is 2. The fourth-order valence-corrected chi connectivity index (χ4v) is 2.11. The molecule has 118 valence electrons. The van der Waals surface area contributed by atoms with Gasteiger partial charge in [-0.05, 0) is 18.8 Å². The molecule has 0 aliphatic heterocycles. The largest absolute Gasteiger partial charge is 0.480 e. The zero-order valence-corrected chi connectivity index (χ0v) is 13.0. The summed E-state index contributed by atoms with van der Waals surface area (Å²) in [5.41, 5.74) is 1.86. The second kappa shape index (κ2) is 7.66. The first kappa shape index (κ1) is 17.0. The van der Waals surface area contributed by atoms with Gasteiger partial charge in [-0.1, -0.05) is 20.8 Å². The van der Waals surface area contributed by atoms with Gasteiger partial charge in [-0.25, -0.2) is 9.59 Å². The van der Waals surface area contributed by atoms with Crippen molar-refractivity contribution in [3.63, 3.8) is 0 Å². The number of urea groups is 1. The standard InChI is InChI=1S/C14H24N4O3/c1-5-11-10(8-18(4)17-11)7-15-14(21)16-12(13(19)20)6-9(2)3/h8-9,12H,5-7H2,1-4H3,(H,19,20)(H2,15,16,21)/t12-/m0/s1. The molecule has 0 saturated carbocycles. The predicted molar refractivity (Wildman–Crippen MR) is 78.8 cm³/mol. The predicted octanol–water partition coefficient (Wildman–Crippen LogP) is 1.28. The molecule has 21 heavy (non-hydrogen) atoms. The van der Waals surface area contributed by atoms with Gasteiger partial charge in [0.25, 0.3) is 0 Å². The van der Waals surface area contributed by atoms with E-state index in [-0.39, 0.29) is 5.92 Å². The minimum absolute atomic E-state index is 0.191. The van der Waals surface area contributed by atoms with Crippen molar-refractivity contribution in [2.45, 2.75) is 46.2 Å². The number of rotatable bonds is 7. The van der Waals surface area contributed by atoms with Crippen LogP contribution < -0.4 is 10.6 Å². The molecule has 0 unspecified atom stereocenters. The van der Waals surface area contributed by atoms with E-state index in [0.717, 1.165) is 17.7 Å². The molecule has 7 nitrogen and oxygen atoms in total. The first-order chi connectivity index (χ1) is 9.83. The lowest BCUT2D eigenvalue weighted by Crippen LogP contribution is -2.46. The third-order valence-corrected chi connectivity index (χ3v) is 3.08. The number of hydrogen-bond donors (Lipinski definition) is 3. The smallest absolute Gasteiger partial charge is 0.326 e. The number of aromatic nitrogens is 2. The van der Waals surface area contributed by atoms with E-state index in [0.29, 0.717) is 13.0 Å². The van der Waals surface area contributed by atoms with Gasteiger partial charge in [-0.15, -0.1) is 0 Å². The van der Waals surface area contributed by atoms with E-state index < -0.39 is 18.0 Å². The van der Waals surface area contributed by atoms with Gasteiger partial charge < -0.3 is 15.7 Å². The molecule has 0 spiro atoms. The zero-order valence-electron chi connectivity index (χ0n) is 13.0. The van der Waals surface area contributed by atoms with Crippen LogP contribution in [0.1, 0.15) is 38.4 Å². The normalized spacial score (nSPS) is 12.2. The van der Waals surface area contributed by atoms with Crippen molar-refractivity contribution in [3.05, 3.63) is 17.5 Å². The molecule has 0 saturated heterocycles. The van der Waals surface area contributed by atoms with Gasteiger partial charge in [-0.3, -0.25) is 4.68 Å². The van der Waals surface area contributed by atoms with Crippen LogP contribution >= 0.6 is 0 Å². The molecule has 1 aromatic rings. The second-order valence-corrected chi connectivity index (χ2v) is 5.48. The van der Waals surface area contributed by atoms with Gasteiger partial charge in [0.1, 0.15) is 6.04 Å². The van der Waals surface area contributed by atoms with Crippen LogP contribution in [-0.2, 0) is 24.8 Å². The number of nitrogens with zero attached hydrogens (tertiary/aromatic N) is 2. The molecule has 1 rings (SSSR count). The molecule has 0 radical (unpaired) electrons. The number of aliphatic carboxylic acids is 1. The molecule has 7 heteroatoms. The monoisotopic (exact) mass is 296 g/mol. The number of nitrogens with one attached hydrogen (secondary N) is 2. The van der Waals surface area contributed by atoms with Crippen molar-refractivity contribution in [1.82, 2.24) is 20.4 Å². The molecule has 0 fully saturated rings. The Balaban J connectivity index is 2.54. The average molecular weight is 296 g/mol. The van der Waals surface area contributed by atoms with Gasteiger partial charge in [0.05, 0.1) is 5.69 Å². The summed E-state index contributed by atoms with van der Waals surface area (Å²) in [7, 11) is 1.83. The number of carbonyl (C=O) groups is 2. The Morgan fingerprint density at radius 1 is 1.43 bits per heavy atom. The van der Waals surface area contributed by atoms with E-state index >= 15 is 0 Å². The highest BCUT2D eigenvalue weighted by Crippen LogP contribution is 2.07. The maximum atomic E-state index is 11.8. The fraction of sp³-hybridized carbons (Fsp3) is 0.643. The number of carboxylic acid groups (broad SMARTS) is 1. The van der Waals surface area contributed by atoms with Gasteiger partial charge in [0.15, 0.2) is 0 Å². The summed E-state index contributed by atoms with van der Waals surface area (Å²) in [6.45, 7) is 6.16. The molecule has 1 atom stereocenters. The Morgan fingerprint density at radius 3 is 2.62 bits per heavy atom. The summed E-state index contributed by atoms with van der Waals surface area (Å²) in [6, 6.07) is -1.35. The Bertz CT molecular complexity index is 496. The Hall–Kier alpha value is -2.05. The molecule has 0 aromatic carbocycles. The lowest BCUT2D eigenvalue weighted by atomic mass is 10.0. The average Bonchev–Trinajstić information content (AvgIpc) is 2.75. The van der Waals surface area contributed by atoms with Crippen LogP contribution in [0, 0.1) is 5.92 Å². The Labute approximate surface area is 124 Å². The molecule has 0 bridgehead atoms. The SMILES string of the molecule is CCc1nn(C)cc1CNC(=O)N[C@@H](CC(C)C)C(=O)O. The number of amides is 2. The Kier molecular flexibility index (Phi) is 6.20. The lowest BCUT2D eigenvalue weighted by molar-refractivity contribution is -0.139. The van der Waals surface area contributed by atoms with Crippen LogP contribution in [0.5, 0.6) is 0 Å². The summed E-state index contributed by atoms with van der Waals surface area (Å²) in [5, 5.41) is 18.5. The highest BCUT2D eigenvalue weighted by molar-refractivity contribution is 5.82.